The average molecular weight is 1510 g/mol. The van der Waals surface area contributed by atoms with Crippen molar-refractivity contribution in [1.82, 2.24) is 9.13 Å². The van der Waals surface area contributed by atoms with E-state index in [4.69, 9.17) is 0 Å². The number of allylic oxidation sites excluding steroid dienone is 2. The SMILES string of the molecule is CC(C)(C)CC(C)(C)C1(F)C=C(c2ccccc2)C(O)C(n2c3ccc(C(C)(C)C)cc3c3cc(C(C)(C)C)ccc32)(C(F)(F)F)C1.CC(C)(C)CC(C)(C)C1(F)C=C(c2ccccc2)C(O)C(n2c3ccc(C(C)(C)C)cc3c3cc(C(C)(C)C)ccc32)(C(F)(F)F)C1.[CH3-].[CH3-].[Hf]. The van der Waals surface area contributed by atoms with Gasteiger partial charge in [-0.25, -0.2) is 8.78 Å². The monoisotopic (exact) mass is 1510 g/mol. The number of fused-ring (bicyclic) bond motifs is 6. The topological polar surface area (TPSA) is 50.3 Å². The number of rotatable bonds is 8. The third kappa shape index (κ3) is 14.6. The van der Waals surface area contributed by atoms with E-state index < -0.39 is 70.6 Å². The summed E-state index contributed by atoms with van der Waals surface area (Å²) in [6, 6.07) is 39.2. The zero-order chi connectivity index (χ0) is 70.3. The van der Waals surface area contributed by atoms with E-state index in [1.54, 1.807) is 113 Å². The molecule has 97 heavy (non-hydrogen) atoms. The van der Waals surface area contributed by atoms with Crippen LogP contribution in [0.4, 0.5) is 35.1 Å². The van der Waals surface area contributed by atoms with E-state index in [1.165, 1.54) is 21.3 Å². The summed E-state index contributed by atoms with van der Waals surface area (Å²) in [7, 11) is 0. The molecule has 10 rings (SSSR count). The van der Waals surface area contributed by atoms with Crippen LogP contribution in [-0.4, -0.2) is 55.2 Å². The minimum absolute atomic E-state index is 0. The van der Waals surface area contributed by atoms with Gasteiger partial charge in [0.15, 0.2) is 11.1 Å². The predicted molar refractivity (Wildman–Crippen MR) is 388 cm³/mol. The molecule has 0 saturated heterocycles. The van der Waals surface area contributed by atoms with Gasteiger partial charge < -0.3 is 34.2 Å². The van der Waals surface area contributed by atoms with Gasteiger partial charge in [0.2, 0.25) is 0 Å². The molecule has 6 unspecified atom stereocenters. The fourth-order valence-electron chi connectivity index (χ4n) is 15.7. The van der Waals surface area contributed by atoms with Gasteiger partial charge in [-0.05, 0) is 151 Å². The van der Waals surface area contributed by atoms with E-state index in [-0.39, 0.29) is 84.3 Å². The second kappa shape index (κ2) is 26.2. The molecule has 2 aliphatic carbocycles. The second-order valence-corrected chi connectivity index (χ2v) is 35.5. The number of alkyl halides is 8. The van der Waals surface area contributed by atoms with Crippen LogP contribution in [0.1, 0.15) is 211 Å². The van der Waals surface area contributed by atoms with Crippen LogP contribution >= 0.6 is 0 Å². The van der Waals surface area contributed by atoms with E-state index in [0.29, 0.717) is 67.6 Å². The van der Waals surface area contributed by atoms with Crippen LogP contribution in [-0.2, 0) is 58.6 Å². The largest absolute Gasteiger partial charge is 0.415 e. The summed E-state index contributed by atoms with van der Waals surface area (Å²) in [5.41, 5.74) is -9.26. The summed E-state index contributed by atoms with van der Waals surface area (Å²) in [6.07, 6.45) is -12.9. The Balaban J connectivity index is 0.000000297. The molecule has 0 amide bonds. The molecule has 2 N–H and O–H groups in total. The van der Waals surface area contributed by atoms with Gasteiger partial charge in [-0.15, -0.1) is 0 Å². The van der Waals surface area contributed by atoms with Crippen LogP contribution < -0.4 is 0 Å². The van der Waals surface area contributed by atoms with E-state index in [9.17, 15) is 10.2 Å². The van der Waals surface area contributed by atoms with Crippen LogP contribution in [0.15, 0.2) is 146 Å². The smallest absolute Gasteiger partial charge is 0.386 e. The van der Waals surface area contributed by atoms with E-state index in [0.717, 1.165) is 22.3 Å². The maximum atomic E-state index is 18.1. The maximum absolute atomic E-state index is 18.1. The minimum atomic E-state index is -5.04. The molecule has 0 radical (unpaired) electrons. The molecule has 6 aromatic carbocycles. The molecular formula is C84H108F8HfN2O2-2. The molecule has 8 aromatic rings. The number of hydrogen-bond acceptors (Lipinski definition) is 2. The van der Waals surface area contributed by atoms with Gasteiger partial charge in [0.1, 0.15) is 23.5 Å². The van der Waals surface area contributed by atoms with Gasteiger partial charge in [0, 0.05) is 71.1 Å². The summed E-state index contributed by atoms with van der Waals surface area (Å²) >= 11 is 0. The zero-order valence-electron chi connectivity index (χ0n) is 62.2. The van der Waals surface area contributed by atoms with Crippen molar-refractivity contribution in [3.05, 3.63) is 194 Å². The number of aliphatic hydroxyl groups excluding tert-OH is 2. The van der Waals surface area contributed by atoms with Gasteiger partial charge in [-0.1, -0.05) is 237 Å². The second-order valence-electron chi connectivity index (χ2n) is 35.5. The van der Waals surface area contributed by atoms with E-state index >= 15 is 35.1 Å². The first-order valence-corrected chi connectivity index (χ1v) is 33.3. The number of aliphatic hydroxyl groups is 2. The standard InChI is InChI=1S/2C41H51F4NO.2CH3.Hf/c2*1-35(2,3)24-38(10,11)39(42)23-31(26-15-13-12-14-16-26)34(47)40(25-39,41(43,44)45)46-32-19-17-27(36(4,5)6)21-29(32)30-22-28(37(7,8)9)18-20-33(30)46;;;/h2*12-23,34,47H,24-25H2,1-11H3;2*1H3;/q;;2*-1;. The molecule has 13 heteroatoms. The molecule has 0 aliphatic heterocycles. The van der Waals surface area contributed by atoms with E-state index in [1.807, 2.05) is 90.1 Å². The molecule has 6 atom stereocenters. The number of hydrogen-bond donors (Lipinski definition) is 2. The summed E-state index contributed by atoms with van der Waals surface area (Å²) in [6.45, 7) is 43.6. The third-order valence-corrected chi connectivity index (χ3v) is 20.5. The van der Waals surface area contributed by atoms with Crippen molar-refractivity contribution < 1.29 is 71.2 Å². The van der Waals surface area contributed by atoms with E-state index in [2.05, 4.69) is 83.1 Å². The number of nitrogens with zero attached hydrogens (tertiary/aromatic N) is 2. The third-order valence-electron chi connectivity index (χ3n) is 20.5. The van der Waals surface area contributed by atoms with Crippen LogP contribution in [0.25, 0.3) is 54.8 Å². The van der Waals surface area contributed by atoms with Gasteiger partial charge in [0.25, 0.3) is 0 Å². The van der Waals surface area contributed by atoms with Crippen molar-refractivity contribution in [2.24, 2.45) is 21.7 Å². The molecule has 2 aromatic heterocycles. The van der Waals surface area contributed by atoms with Crippen LogP contribution in [0, 0.1) is 36.5 Å². The van der Waals surface area contributed by atoms with Gasteiger partial charge >= 0.3 is 12.4 Å². The first kappa shape index (κ1) is 80.6. The first-order valence-electron chi connectivity index (χ1n) is 33.3. The van der Waals surface area contributed by atoms with Crippen molar-refractivity contribution in [2.45, 2.75) is 247 Å². The predicted octanol–water partition coefficient (Wildman–Crippen LogP) is 24.2. The van der Waals surface area contributed by atoms with Gasteiger partial charge in [0.05, 0.1) is 22.1 Å². The molecule has 4 nitrogen and oxygen atoms in total. The Labute approximate surface area is 593 Å². The Morgan fingerprint density at radius 1 is 0.371 bits per heavy atom. The summed E-state index contributed by atoms with van der Waals surface area (Å²) in [5, 5.41) is 27.2. The number of aromatic nitrogens is 2. The van der Waals surface area contributed by atoms with Gasteiger partial charge in [-0.3, -0.25) is 0 Å². The average Bonchev–Trinajstić information content (AvgIpc) is 1.68. The Morgan fingerprint density at radius 3 is 0.794 bits per heavy atom. The fourth-order valence-corrected chi connectivity index (χ4v) is 15.7. The minimum Gasteiger partial charge on any atom is -0.386 e. The number of benzene rings is 6. The maximum Gasteiger partial charge on any atom is 0.415 e. The molecule has 0 fully saturated rings. The molecule has 2 aliphatic rings. The molecule has 2 heterocycles. The molecule has 0 spiro atoms. The van der Waals surface area contributed by atoms with Crippen molar-refractivity contribution in [1.29, 1.82) is 0 Å². The van der Waals surface area contributed by atoms with Crippen LogP contribution in [0.2, 0.25) is 0 Å². The summed E-state index contributed by atoms with van der Waals surface area (Å²) < 4.78 is 137. The Hall–Kier alpha value is -5.37. The summed E-state index contributed by atoms with van der Waals surface area (Å²) in [4.78, 5) is 0. The molecule has 0 saturated carbocycles. The molecule has 528 valence electrons. The Kier molecular flexibility index (Phi) is 21.8. The molecule has 0 bridgehead atoms. The van der Waals surface area contributed by atoms with Crippen molar-refractivity contribution in [3.63, 3.8) is 0 Å². The van der Waals surface area contributed by atoms with Crippen LogP contribution in [0.3, 0.4) is 0 Å². The van der Waals surface area contributed by atoms with Crippen molar-refractivity contribution >= 4 is 54.8 Å². The number of halogens is 8. The quantitative estimate of drug-likeness (QED) is 0.0905. The fraction of sp³-hybridized carbons (Fsp3) is 0.500. The zero-order valence-corrected chi connectivity index (χ0v) is 65.7. The van der Waals surface area contributed by atoms with Crippen molar-refractivity contribution in [3.8, 4) is 0 Å². The van der Waals surface area contributed by atoms with Crippen molar-refractivity contribution in [2.75, 3.05) is 0 Å². The van der Waals surface area contributed by atoms with Crippen LogP contribution in [0.5, 0.6) is 0 Å². The molecular weight excluding hydrogens is 1400 g/mol. The summed E-state index contributed by atoms with van der Waals surface area (Å²) in [5.74, 6) is 0. The van der Waals surface area contributed by atoms with Gasteiger partial charge in [-0.2, -0.15) is 26.3 Å². The Bertz CT molecular complexity index is 3790. The normalized spacial score (nSPS) is 22.7. The Morgan fingerprint density at radius 2 is 0.598 bits per heavy atom. The first-order chi connectivity index (χ1) is 42.6.